The van der Waals surface area contributed by atoms with Crippen LogP contribution in [0.4, 0.5) is 17.1 Å². The lowest BCUT2D eigenvalue weighted by Crippen LogP contribution is -2.38. The number of benzene rings is 4. The minimum Gasteiger partial charge on any atom is -0.325 e. The van der Waals surface area contributed by atoms with Crippen molar-refractivity contribution < 1.29 is 21.6 Å². The number of aryl methyl sites for hydroxylation is 3. The molecule has 0 fully saturated rings. The maximum Gasteiger partial charge on any atom is 0.264 e. The van der Waals surface area contributed by atoms with Crippen molar-refractivity contribution in [1.29, 1.82) is 0 Å². The Hall–Kier alpha value is -4.15. The van der Waals surface area contributed by atoms with Gasteiger partial charge < -0.3 is 5.32 Å². The monoisotopic (exact) mass is 563 g/mol. The molecule has 0 aliphatic carbocycles. The van der Waals surface area contributed by atoms with E-state index in [9.17, 15) is 21.6 Å². The summed E-state index contributed by atoms with van der Waals surface area (Å²) in [5.41, 5.74) is 3.87. The van der Waals surface area contributed by atoms with Gasteiger partial charge in [0.25, 0.3) is 20.0 Å². The summed E-state index contributed by atoms with van der Waals surface area (Å²) in [6, 6.07) is 25.8. The summed E-state index contributed by atoms with van der Waals surface area (Å²) in [6.45, 7) is 5.13. The second-order valence-electron chi connectivity index (χ2n) is 9.16. The van der Waals surface area contributed by atoms with Gasteiger partial charge in [0.15, 0.2) is 0 Å². The summed E-state index contributed by atoms with van der Waals surface area (Å²) >= 11 is 0. The topological polar surface area (TPSA) is 113 Å². The van der Waals surface area contributed by atoms with Crippen LogP contribution in [0.3, 0.4) is 0 Å². The van der Waals surface area contributed by atoms with Crippen LogP contribution in [0.15, 0.2) is 107 Å². The van der Waals surface area contributed by atoms with Gasteiger partial charge in [0.1, 0.15) is 6.54 Å². The molecule has 39 heavy (non-hydrogen) atoms. The van der Waals surface area contributed by atoms with Crippen LogP contribution < -0.4 is 14.3 Å². The Balaban J connectivity index is 1.51. The van der Waals surface area contributed by atoms with Gasteiger partial charge in [-0.3, -0.25) is 13.8 Å². The standard InChI is InChI=1S/C29H29N3O5S2/c1-21-9-14-27(15-10-21)39(36,37)32(25-7-5-4-6-8-25)20-29(33)30-24-12-16-26(17-13-24)38(34,35)31-28-18-11-22(2)19-23(28)3/h4-19,31H,20H2,1-3H3,(H,30,33). The highest BCUT2D eigenvalue weighted by atomic mass is 32.2. The first-order chi connectivity index (χ1) is 18.5. The third-order valence-electron chi connectivity index (χ3n) is 6.01. The normalized spacial score (nSPS) is 11.6. The van der Waals surface area contributed by atoms with Gasteiger partial charge in [-0.1, -0.05) is 53.6 Å². The molecular formula is C29H29N3O5S2. The van der Waals surface area contributed by atoms with Gasteiger partial charge in [-0.2, -0.15) is 0 Å². The van der Waals surface area contributed by atoms with E-state index in [1.54, 1.807) is 48.5 Å². The van der Waals surface area contributed by atoms with Crippen LogP contribution in [0, 0.1) is 20.8 Å². The van der Waals surface area contributed by atoms with Crippen molar-refractivity contribution in [2.45, 2.75) is 30.6 Å². The molecule has 8 nitrogen and oxygen atoms in total. The average Bonchev–Trinajstić information content (AvgIpc) is 2.90. The third kappa shape index (κ3) is 6.65. The van der Waals surface area contributed by atoms with Crippen LogP contribution in [-0.4, -0.2) is 29.3 Å². The third-order valence-corrected chi connectivity index (χ3v) is 9.18. The second kappa shape index (κ2) is 11.3. The number of carbonyl (C=O) groups excluding carboxylic acids is 1. The molecular weight excluding hydrogens is 534 g/mol. The molecule has 0 saturated heterocycles. The fraction of sp³-hybridized carbons (Fsp3) is 0.138. The predicted octanol–water partition coefficient (Wildman–Crippen LogP) is 5.25. The van der Waals surface area contributed by atoms with Crippen molar-refractivity contribution in [1.82, 2.24) is 0 Å². The molecule has 0 heterocycles. The Bertz CT molecular complexity index is 1690. The molecule has 0 unspecified atom stereocenters. The minimum absolute atomic E-state index is 0.0216. The predicted molar refractivity (Wildman–Crippen MR) is 154 cm³/mol. The Kier molecular flexibility index (Phi) is 8.08. The molecule has 0 saturated carbocycles. The number of hydrogen-bond acceptors (Lipinski definition) is 5. The van der Waals surface area contributed by atoms with Gasteiger partial charge in [-0.05, 0) is 80.9 Å². The van der Waals surface area contributed by atoms with Crippen molar-refractivity contribution in [2.75, 3.05) is 20.9 Å². The number of rotatable bonds is 9. The highest BCUT2D eigenvalue weighted by Gasteiger charge is 2.27. The maximum absolute atomic E-state index is 13.5. The summed E-state index contributed by atoms with van der Waals surface area (Å²) in [5.74, 6) is -0.585. The molecule has 0 atom stereocenters. The molecule has 4 aromatic carbocycles. The molecule has 0 aliphatic heterocycles. The summed E-state index contributed by atoms with van der Waals surface area (Å²) in [6.07, 6.45) is 0. The first kappa shape index (κ1) is 27.9. The Morgan fingerprint density at radius 3 is 1.92 bits per heavy atom. The lowest BCUT2D eigenvalue weighted by atomic mass is 10.1. The van der Waals surface area contributed by atoms with Crippen molar-refractivity contribution in [3.05, 3.63) is 114 Å². The van der Waals surface area contributed by atoms with E-state index in [-0.39, 0.29) is 9.79 Å². The Morgan fingerprint density at radius 2 is 1.31 bits per heavy atom. The minimum atomic E-state index is -4.04. The molecule has 2 N–H and O–H groups in total. The number of nitrogens with zero attached hydrogens (tertiary/aromatic N) is 1. The lowest BCUT2D eigenvalue weighted by molar-refractivity contribution is -0.114. The molecule has 4 rings (SSSR count). The molecule has 4 aromatic rings. The maximum atomic E-state index is 13.5. The summed E-state index contributed by atoms with van der Waals surface area (Å²) in [4.78, 5) is 13.1. The fourth-order valence-corrected chi connectivity index (χ4v) is 6.48. The van der Waals surface area contributed by atoms with Crippen LogP contribution >= 0.6 is 0 Å². The van der Waals surface area contributed by atoms with E-state index in [1.165, 1.54) is 36.4 Å². The van der Waals surface area contributed by atoms with Crippen molar-refractivity contribution in [3.63, 3.8) is 0 Å². The molecule has 0 aliphatic rings. The number of hydrogen-bond donors (Lipinski definition) is 2. The molecule has 0 spiro atoms. The zero-order valence-corrected chi connectivity index (χ0v) is 23.4. The Morgan fingerprint density at radius 1 is 0.718 bits per heavy atom. The first-order valence-electron chi connectivity index (χ1n) is 12.1. The average molecular weight is 564 g/mol. The van der Waals surface area contributed by atoms with E-state index in [0.29, 0.717) is 17.1 Å². The zero-order chi connectivity index (χ0) is 28.2. The van der Waals surface area contributed by atoms with Gasteiger partial charge in [0, 0.05) is 5.69 Å². The van der Waals surface area contributed by atoms with Gasteiger partial charge >= 0.3 is 0 Å². The SMILES string of the molecule is Cc1ccc(S(=O)(=O)N(CC(=O)Nc2ccc(S(=O)(=O)Nc3ccc(C)cc3C)cc2)c2ccccc2)cc1. The number of sulfonamides is 2. The van der Waals surface area contributed by atoms with Crippen LogP contribution in [-0.2, 0) is 24.8 Å². The Labute approximate surface area is 229 Å². The second-order valence-corrected chi connectivity index (χ2v) is 12.7. The van der Waals surface area contributed by atoms with Crippen molar-refractivity contribution in [3.8, 4) is 0 Å². The first-order valence-corrected chi connectivity index (χ1v) is 15.0. The van der Waals surface area contributed by atoms with Gasteiger partial charge in [0.05, 0.1) is 21.2 Å². The quantitative estimate of drug-likeness (QED) is 0.289. The number of anilines is 3. The molecule has 10 heteroatoms. The van der Waals surface area contributed by atoms with Crippen molar-refractivity contribution in [2.24, 2.45) is 0 Å². The van der Waals surface area contributed by atoms with E-state index in [4.69, 9.17) is 0 Å². The van der Waals surface area contributed by atoms with Crippen LogP contribution in [0.2, 0.25) is 0 Å². The number of para-hydroxylation sites is 1. The molecule has 202 valence electrons. The number of nitrogens with one attached hydrogen (secondary N) is 2. The summed E-state index contributed by atoms with van der Waals surface area (Å²) in [7, 11) is -7.89. The molecule has 0 aromatic heterocycles. The summed E-state index contributed by atoms with van der Waals surface area (Å²) in [5, 5.41) is 2.66. The van der Waals surface area contributed by atoms with E-state index in [2.05, 4.69) is 10.0 Å². The van der Waals surface area contributed by atoms with E-state index >= 15 is 0 Å². The summed E-state index contributed by atoms with van der Waals surface area (Å²) < 4.78 is 56.3. The van der Waals surface area contributed by atoms with Gasteiger partial charge in [0.2, 0.25) is 5.91 Å². The number of carbonyl (C=O) groups is 1. The largest absolute Gasteiger partial charge is 0.325 e. The van der Waals surface area contributed by atoms with E-state index in [1.807, 2.05) is 32.9 Å². The molecule has 0 bridgehead atoms. The van der Waals surface area contributed by atoms with Crippen LogP contribution in [0.25, 0.3) is 0 Å². The smallest absolute Gasteiger partial charge is 0.264 e. The van der Waals surface area contributed by atoms with Crippen LogP contribution in [0.1, 0.15) is 16.7 Å². The van der Waals surface area contributed by atoms with Crippen molar-refractivity contribution >= 4 is 43.0 Å². The fourth-order valence-electron chi connectivity index (χ4n) is 3.93. The zero-order valence-electron chi connectivity index (χ0n) is 21.7. The van der Waals surface area contributed by atoms with Crippen LogP contribution in [0.5, 0.6) is 0 Å². The van der Waals surface area contributed by atoms with Gasteiger partial charge in [-0.25, -0.2) is 16.8 Å². The lowest BCUT2D eigenvalue weighted by Gasteiger charge is -2.24. The van der Waals surface area contributed by atoms with E-state index < -0.39 is 32.5 Å². The number of amides is 1. The molecule has 0 radical (unpaired) electrons. The highest BCUT2D eigenvalue weighted by molar-refractivity contribution is 7.93. The van der Waals surface area contributed by atoms with Gasteiger partial charge in [-0.15, -0.1) is 0 Å². The van der Waals surface area contributed by atoms with E-state index in [0.717, 1.165) is 21.0 Å². The highest BCUT2D eigenvalue weighted by Crippen LogP contribution is 2.25. The molecule has 1 amide bonds.